The van der Waals surface area contributed by atoms with Crippen molar-refractivity contribution in [2.45, 2.75) is 20.0 Å². The van der Waals surface area contributed by atoms with Crippen molar-refractivity contribution in [3.8, 4) is 17.2 Å². The molecule has 0 aliphatic rings. The molecule has 0 fully saturated rings. The first-order valence-electron chi connectivity index (χ1n) is 7.47. The number of carbonyl (C=O) groups excluding carboxylic acids is 1. The highest BCUT2D eigenvalue weighted by atomic mass is 16.5. The zero-order chi connectivity index (χ0) is 16.7. The van der Waals surface area contributed by atoms with Crippen LogP contribution in [0, 0.1) is 0 Å². The molecule has 0 bridgehead atoms. The third-order valence-corrected chi connectivity index (χ3v) is 3.19. The lowest BCUT2D eigenvalue weighted by molar-refractivity contribution is -0.122. The standard InChI is InChI=1S/C18H21NO4/c1-4-22-17-8-6-5-7-16(17)19-18(20)13(2)23-15-11-9-14(21-3)10-12-15/h5-13H,4H2,1-3H3,(H,19,20)/t13-/m1/s1. The Morgan fingerprint density at radius 1 is 1.09 bits per heavy atom. The fourth-order valence-electron chi connectivity index (χ4n) is 2.00. The summed E-state index contributed by atoms with van der Waals surface area (Å²) in [4.78, 5) is 12.3. The molecule has 5 nitrogen and oxygen atoms in total. The highest BCUT2D eigenvalue weighted by molar-refractivity contribution is 5.95. The van der Waals surface area contributed by atoms with E-state index in [0.717, 1.165) is 5.75 Å². The summed E-state index contributed by atoms with van der Waals surface area (Å²) in [5.74, 6) is 1.74. The van der Waals surface area contributed by atoms with E-state index in [0.29, 0.717) is 23.8 Å². The highest BCUT2D eigenvalue weighted by Crippen LogP contribution is 2.24. The molecule has 1 amide bonds. The van der Waals surface area contributed by atoms with Crippen molar-refractivity contribution in [2.24, 2.45) is 0 Å². The van der Waals surface area contributed by atoms with Gasteiger partial charge in [0, 0.05) is 0 Å². The number of para-hydroxylation sites is 2. The number of anilines is 1. The fraction of sp³-hybridized carbons (Fsp3) is 0.278. The molecule has 1 N–H and O–H groups in total. The van der Waals surface area contributed by atoms with Gasteiger partial charge in [0.15, 0.2) is 6.10 Å². The molecule has 0 aliphatic heterocycles. The van der Waals surface area contributed by atoms with Crippen molar-refractivity contribution in [2.75, 3.05) is 19.0 Å². The SMILES string of the molecule is CCOc1ccccc1NC(=O)[C@@H](C)Oc1ccc(OC)cc1. The van der Waals surface area contributed by atoms with E-state index in [4.69, 9.17) is 14.2 Å². The van der Waals surface area contributed by atoms with Crippen LogP contribution in [0.2, 0.25) is 0 Å². The van der Waals surface area contributed by atoms with Crippen molar-refractivity contribution < 1.29 is 19.0 Å². The maximum atomic E-state index is 12.3. The Kier molecular flexibility index (Phi) is 5.86. The van der Waals surface area contributed by atoms with Gasteiger partial charge in [0.25, 0.3) is 5.91 Å². The van der Waals surface area contributed by atoms with E-state index >= 15 is 0 Å². The zero-order valence-electron chi connectivity index (χ0n) is 13.5. The van der Waals surface area contributed by atoms with Gasteiger partial charge in [0.1, 0.15) is 17.2 Å². The number of methoxy groups -OCH3 is 1. The van der Waals surface area contributed by atoms with Crippen LogP contribution in [-0.4, -0.2) is 25.7 Å². The average Bonchev–Trinajstić information content (AvgIpc) is 2.57. The first-order valence-corrected chi connectivity index (χ1v) is 7.47. The number of amides is 1. The summed E-state index contributed by atoms with van der Waals surface area (Å²) in [5, 5.41) is 2.82. The van der Waals surface area contributed by atoms with Crippen molar-refractivity contribution in [3.63, 3.8) is 0 Å². The summed E-state index contributed by atoms with van der Waals surface area (Å²) >= 11 is 0. The van der Waals surface area contributed by atoms with Gasteiger partial charge in [-0.15, -0.1) is 0 Å². The van der Waals surface area contributed by atoms with Crippen molar-refractivity contribution in [3.05, 3.63) is 48.5 Å². The van der Waals surface area contributed by atoms with Crippen LogP contribution in [0.25, 0.3) is 0 Å². The quantitative estimate of drug-likeness (QED) is 0.849. The maximum Gasteiger partial charge on any atom is 0.265 e. The van der Waals surface area contributed by atoms with Gasteiger partial charge in [-0.25, -0.2) is 0 Å². The lowest BCUT2D eigenvalue weighted by Gasteiger charge is -2.16. The van der Waals surface area contributed by atoms with Crippen molar-refractivity contribution in [1.29, 1.82) is 0 Å². The van der Waals surface area contributed by atoms with Gasteiger partial charge in [0.05, 0.1) is 19.4 Å². The third kappa shape index (κ3) is 4.64. The number of hydrogen-bond acceptors (Lipinski definition) is 4. The Morgan fingerprint density at radius 3 is 2.39 bits per heavy atom. The van der Waals surface area contributed by atoms with Gasteiger partial charge in [0.2, 0.25) is 0 Å². The predicted octanol–water partition coefficient (Wildman–Crippen LogP) is 3.50. The van der Waals surface area contributed by atoms with Crippen LogP contribution in [0.4, 0.5) is 5.69 Å². The minimum absolute atomic E-state index is 0.243. The molecule has 23 heavy (non-hydrogen) atoms. The Morgan fingerprint density at radius 2 is 1.74 bits per heavy atom. The maximum absolute atomic E-state index is 12.3. The third-order valence-electron chi connectivity index (χ3n) is 3.19. The molecule has 0 unspecified atom stereocenters. The topological polar surface area (TPSA) is 56.8 Å². The molecule has 0 heterocycles. The number of hydrogen-bond donors (Lipinski definition) is 1. The van der Waals surface area contributed by atoms with Crippen LogP contribution in [0.3, 0.4) is 0 Å². The molecule has 2 aromatic carbocycles. The summed E-state index contributed by atoms with van der Waals surface area (Å²) in [6.07, 6.45) is -0.641. The van der Waals surface area contributed by atoms with Gasteiger partial charge in [-0.05, 0) is 50.2 Å². The van der Waals surface area contributed by atoms with E-state index in [-0.39, 0.29) is 5.91 Å². The molecule has 2 aromatic rings. The Balaban J connectivity index is 1.99. The smallest absolute Gasteiger partial charge is 0.265 e. The van der Waals surface area contributed by atoms with Crippen LogP contribution in [0.15, 0.2) is 48.5 Å². The zero-order valence-corrected chi connectivity index (χ0v) is 13.5. The van der Waals surface area contributed by atoms with E-state index in [1.807, 2.05) is 25.1 Å². The highest BCUT2D eigenvalue weighted by Gasteiger charge is 2.16. The van der Waals surface area contributed by atoms with Crippen LogP contribution >= 0.6 is 0 Å². The number of benzene rings is 2. The molecule has 5 heteroatoms. The lowest BCUT2D eigenvalue weighted by atomic mass is 10.2. The van der Waals surface area contributed by atoms with E-state index in [1.165, 1.54) is 0 Å². The first kappa shape index (κ1) is 16.7. The second-order valence-electron chi connectivity index (χ2n) is 4.85. The number of rotatable bonds is 7. The normalized spacial score (nSPS) is 11.4. The van der Waals surface area contributed by atoms with E-state index in [2.05, 4.69) is 5.32 Å². The average molecular weight is 315 g/mol. The Hall–Kier alpha value is -2.69. The molecule has 122 valence electrons. The van der Waals surface area contributed by atoms with Crippen LogP contribution in [-0.2, 0) is 4.79 Å². The van der Waals surface area contributed by atoms with Gasteiger partial charge in [-0.1, -0.05) is 12.1 Å². The molecular weight excluding hydrogens is 294 g/mol. The molecule has 1 atom stereocenters. The number of ether oxygens (including phenoxy) is 3. The van der Waals surface area contributed by atoms with Gasteiger partial charge < -0.3 is 19.5 Å². The van der Waals surface area contributed by atoms with Gasteiger partial charge in [-0.2, -0.15) is 0 Å². The van der Waals surface area contributed by atoms with Crippen molar-refractivity contribution in [1.82, 2.24) is 0 Å². The Bertz CT molecular complexity index is 640. The first-order chi connectivity index (χ1) is 11.1. The summed E-state index contributed by atoms with van der Waals surface area (Å²) in [7, 11) is 1.60. The minimum Gasteiger partial charge on any atom is -0.497 e. The largest absolute Gasteiger partial charge is 0.497 e. The monoisotopic (exact) mass is 315 g/mol. The van der Waals surface area contributed by atoms with Gasteiger partial charge in [-0.3, -0.25) is 4.79 Å². The molecule has 0 aliphatic carbocycles. The molecule has 0 saturated heterocycles. The van der Waals surface area contributed by atoms with Crippen LogP contribution in [0.5, 0.6) is 17.2 Å². The van der Waals surface area contributed by atoms with Gasteiger partial charge >= 0.3 is 0 Å². The molecule has 0 spiro atoms. The summed E-state index contributed by atoms with van der Waals surface area (Å²) in [5.41, 5.74) is 0.629. The predicted molar refractivity (Wildman–Crippen MR) is 89.3 cm³/mol. The lowest BCUT2D eigenvalue weighted by Crippen LogP contribution is -2.30. The van der Waals surface area contributed by atoms with Crippen LogP contribution in [0.1, 0.15) is 13.8 Å². The molecule has 2 rings (SSSR count). The molecular formula is C18H21NO4. The fourth-order valence-corrected chi connectivity index (χ4v) is 2.00. The Labute approximate surface area is 136 Å². The molecule has 0 aromatic heterocycles. The number of nitrogens with one attached hydrogen (secondary N) is 1. The summed E-state index contributed by atoms with van der Waals surface area (Å²) in [6, 6.07) is 14.4. The number of carbonyl (C=O) groups is 1. The second kappa shape index (κ2) is 8.08. The van der Waals surface area contributed by atoms with Crippen molar-refractivity contribution >= 4 is 11.6 Å². The van der Waals surface area contributed by atoms with E-state index in [9.17, 15) is 4.79 Å². The summed E-state index contributed by atoms with van der Waals surface area (Å²) < 4.78 is 16.2. The molecule has 0 radical (unpaired) electrons. The van der Waals surface area contributed by atoms with Crippen LogP contribution < -0.4 is 19.5 Å². The minimum atomic E-state index is -0.641. The molecule has 0 saturated carbocycles. The van der Waals surface area contributed by atoms with E-state index in [1.54, 1.807) is 44.4 Å². The summed E-state index contributed by atoms with van der Waals surface area (Å²) in [6.45, 7) is 4.13. The van der Waals surface area contributed by atoms with E-state index < -0.39 is 6.10 Å². The second-order valence-corrected chi connectivity index (χ2v) is 4.85.